The lowest BCUT2D eigenvalue weighted by atomic mass is 9.94. The van der Waals surface area contributed by atoms with Crippen molar-refractivity contribution in [2.45, 2.75) is 58.6 Å². The van der Waals surface area contributed by atoms with Crippen molar-refractivity contribution in [3.8, 4) is 17.2 Å². The Hall–Kier alpha value is -3.52. The van der Waals surface area contributed by atoms with Gasteiger partial charge in [0.1, 0.15) is 17.6 Å². The van der Waals surface area contributed by atoms with E-state index in [0.29, 0.717) is 48.8 Å². The van der Waals surface area contributed by atoms with Crippen LogP contribution in [0.4, 0.5) is 0 Å². The van der Waals surface area contributed by atoms with Crippen LogP contribution in [-0.2, 0) is 16.0 Å². The van der Waals surface area contributed by atoms with E-state index >= 15 is 0 Å². The first-order valence-corrected chi connectivity index (χ1v) is 13.9. The molecular formula is C31H40N2O6. The SMILES string of the molecule is CCCCOc1ccc([C@H]2C(=C(O)c3ccc4c(c3)C[C@@H](C)O4)C(=O)C(=O)N2CCCN(C)C)cc1OCC. The lowest BCUT2D eigenvalue weighted by Gasteiger charge is -2.26. The standard InChI is InChI=1S/C31H40N2O6/c1-6-8-16-38-25-13-10-21(19-26(25)37-7-2)28-27(30(35)31(36)33(28)15-9-14-32(4)5)29(34)22-11-12-24-23(18-22)17-20(3)39-24/h10-13,18-20,28,34H,6-9,14-17H2,1-5H3/t20-,28+/m1/s1. The average molecular weight is 537 g/mol. The monoisotopic (exact) mass is 536 g/mol. The van der Waals surface area contributed by atoms with Gasteiger partial charge in [0.2, 0.25) is 0 Å². The molecule has 1 fully saturated rings. The number of nitrogens with zero attached hydrogens (tertiary/aromatic N) is 2. The van der Waals surface area contributed by atoms with Crippen molar-refractivity contribution >= 4 is 17.4 Å². The summed E-state index contributed by atoms with van der Waals surface area (Å²) < 4.78 is 17.7. The van der Waals surface area contributed by atoms with Crippen molar-refractivity contribution in [1.29, 1.82) is 0 Å². The van der Waals surface area contributed by atoms with Gasteiger partial charge in [0.25, 0.3) is 11.7 Å². The van der Waals surface area contributed by atoms with Gasteiger partial charge in [0.05, 0.1) is 24.8 Å². The van der Waals surface area contributed by atoms with Crippen LogP contribution >= 0.6 is 0 Å². The Balaban J connectivity index is 1.78. The zero-order valence-electron chi connectivity index (χ0n) is 23.7. The summed E-state index contributed by atoms with van der Waals surface area (Å²) in [6.07, 6.45) is 3.38. The third-order valence-electron chi connectivity index (χ3n) is 7.05. The minimum atomic E-state index is -0.750. The summed E-state index contributed by atoms with van der Waals surface area (Å²) >= 11 is 0. The van der Waals surface area contributed by atoms with Crippen molar-refractivity contribution in [2.24, 2.45) is 0 Å². The van der Waals surface area contributed by atoms with E-state index < -0.39 is 17.7 Å². The molecule has 2 aliphatic heterocycles. The second-order valence-corrected chi connectivity index (χ2v) is 10.4. The van der Waals surface area contributed by atoms with E-state index in [9.17, 15) is 14.7 Å². The smallest absolute Gasteiger partial charge is 0.295 e. The molecule has 0 saturated carbocycles. The number of fused-ring (bicyclic) bond motifs is 1. The lowest BCUT2D eigenvalue weighted by Crippen LogP contribution is -2.32. The summed E-state index contributed by atoms with van der Waals surface area (Å²) in [6.45, 7) is 8.12. The minimum Gasteiger partial charge on any atom is -0.507 e. The number of ether oxygens (including phenoxy) is 3. The van der Waals surface area contributed by atoms with Crippen LogP contribution in [0.3, 0.4) is 0 Å². The molecule has 1 N–H and O–H groups in total. The topological polar surface area (TPSA) is 88.5 Å². The molecule has 0 bridgehead atoms. The minimum absolute atomic E-state index is 0.0507. The van der Waals surface area contributed by atoms with E-state index in [-0.39, 0.29) is 17.4 Å². The largest absolute Gasteiger partial charge is 0.507 e. The van der Waals surface area contributed by atoms with Crippen LogP contribution in [0.2, 0.25) is 0 Å². The summed E-state index contributed by atoms with van der Waals surface area (Å²) in [6, 6.07) is 10.1. The molecule has 1 amide bonds. The van der Waals surface area contributed by atoms with Gasteiger partial charge in [0.15, 0.2) is 11.5 Å². The molecule has 2 aliphatic rings. The van der Waals surface area contributed by atoms with Gasteiger partial charge in [-0.15, -0.1) is 0 Å². The molecule has 2 aromatic carbocycles. The van der Waals surface area contributed by atoms with Gasteiger partial charge in [-0.1, -0.05) is 19.4 Å². The second kappa shape index (κ2) is 12.6. The number of ketones is 1. The molecule has 0 aromatic heterocycles. The Morgan fingerprint density at radius 1 is 1.08 bits per heavy atom. The van der Waals surface area contributed by atoms with Gasteiger partial charge in [-0.05, 0) is 88.8 Å². The molecule has 4 rings (SSSR count). The number of aliphatic hydroxyl groups is 1. The summed E-state index contributed by atoms with van der Waals surface area (Å²) in [5.41, 5.74) is 2.23. The highest BCUT2D eigenvalue weighted by atomic mass is 16.5. The molecule has 8 nitrogen and oxygen atoms in total. The molecule has 210 valence electrons. The fraction of sp³-hybridized carbons (Fsp3) is 0.484. The van der Waals surface area contributed by atoms with Crippen molar-refractivity contribution in [3.63, 3.8) is 0 Å². The number of aliphatic hydroxyl groups excluding tert-OH is 1. The Bertz CT molecular complexity index is 1240. The first-order valence-electron chi connectivity index (χ1n) is 13.9. The number of likely N-dealkylation sites (tertiary alicyclic amines) is 1. The maximum Gasteiger partial charge on any atom is 0.295 e. The quantitative estimate of drug-likeness (QED) is 0.178. The molecular weight excluding hydrogens is 496 g/mol. The number of carbonyl (C=O) groups is 2. The van der Waals surface area contributed by atoms with Crippen LogP contribution in [0.5, 0.6) is 17.2 Å². The van der Waals surface area contributed by atoms with Crippen LogP contribution in [0.15, 0.2) is 42.0 Å². The highest BCUT2D eigenvalue weighted by molar-refractivity contribution is 6.46. The van der Waals surface area contributed by atoms with Crippen LogP contribution in [0.25, 0.3) is 5.76 Å². The Morgan fingerprint density at radius 2 is 1.87 bits per heavy atom. The van der Waals surface area contributed by atoms with Crippen molar-refractivity contribution in [3.05, 3.63) is 58.7 Å². The van der Waals surface area contributed by atoms with E-state index in [0.717, 1.165) is 37.1 Å². The van der Waals surface area contributed by atoms with E-state index in [4.69, 9.17) is 14.2 Å². The van der Waals surface area contributed by atoms with Gasteiger partial charge in [-0.2, -0.15) is 0 Å². The van der Waals surface area contributed by atoms with Crippen molar-refractivity contribution < 1.29 is 28.9 Å². The van der Waals surface area contributed by atoms with E-state index in [1.54, 1.807) is 11.0 Å². The summed E-state index contributed by atoms with van der Waals surface area (Å²) in [5.74, 6) is 0.463. The summed E-state index contributed by atoms with van der Waals surface area (Å²) in [4.78, 5) is 30.4. The predicted molar refractivity (Wildman–Crippen MR) is 150 cm³/mol. The van der Waals surface area contributed by atoms with Gasteiger partial charge < -0.3 is 29.1 Å². The van der Waals surface area contributed by atoms with Crippen LogP contribution < -0.4 is 14.2 Å². The van der Waals surface area contributed by atoms with E-state index in [1.807, 2.05) is 63.2 Å². The zero-order valence-corrected chi connectivity index (χ0v) is 23.7. The van der Waals surface area contributed by atoms with Gasteiger partial charge >= 0.3 is 0 Å². The average Bonchev–Trinajstić information content (AvgIpc) is 3.40. The highest BCUT2D eigenvalue weighted by Crippen LogP contribution is 2.43. The Labute approximate surface area is 231 Å². The predicted octanol–water partition coefficient (Wildman–Crippen LogP) is 4.96. The highest BCUT2D eigenvalue weighted by Gasteiger charge is 2.46. The van der Waals surface area contributed by atoms with Gasteiger partial charge in [-0.25, -0.2) is 0 Å². The fourth-order valence-corrected chi connectivity index (χ4v) is 5.15. The molecule has 39 heavy (non-hydrogen) atoms. The molecule has 2 heterocycles. The maximum absolute atomic E-state index is 13.4. The zero-order chi connectivity index (χ0) is 28.1. The normalized spacial score (nSPS) is 19.9. The van der Waals surface area contributed by atoms with Crippen LogP contribution in [0, 0.1) is 0 Å². The lowest BCUT2D eigenvalue weighted by molar-refractivity contribution is -0.139. The number of hydrogen-bond acceptors (Lipinski definition) is 7. The Morgan fingerprint density at radius 3 is 2.59 bits per heavy atom. The number of amides is 1. The van der Waals surface area contributed by atoms with Gasteiger partial charge in [0, 0.05) is 18.5 Å². The first kappa shape index (κ1) is 28.5. The molecule has 0 unspecified atom stereocenters. The molecule has 2 aromatic rings. The van der Waals surface area contributed by atoms with Crippen LogP contribution in [-0.4, -0.2) is 73.1 Å². The number of hydrogen-bond donors (Lipinski definition) is 1. The second-order valence-electron chi connectivity index (χ2n) is 10.4. The van der Waals surface area contributed by atoms with E-state index in [1.165, 1.54) is 0 Å². The Kier molecular flexibility index (Phi) is 9.17. The number of rotatable bonds is 12. The summed E-state index contributed by atoms with van der Waals surface area (Å²) in [7, 11) is 3.94. The molecule has 2 atom stereocenters. The number of Topliss-reactive ketones (excluding diaryl/α,β-unsaturated/α-hetero) is 1. The van der Waals surface area contributed by atoms with E-state index in [2.05, 4.69) is 6.92 Å². The fourth-order valence-electron chi connectivity index (χ4n) is 5.15. The van der Waals surface area contributed by atoms with Crippen molar-refractivity contribution in [1.82, 2.24) is 9.80 Å². The van der Waals surface area contributed by atoms with Crippen molar-refractivity contribution in [2.75, 3.05) is 40.4 Å². The number of benzene rings is 2. The molecule has 8 heteroatoms. The van der Waals surface area contributed by atoms with Crippen LogP contribution in [0.1, 0.15) is 62.8 Å². The molecule has 0 radical (unpaired) electrons. The molecule has 0 aliphatic carbocycles. The third-order valence-corrected chi connectivity index (χ3v) is 7.05. The maximum atomic E-state index is 13.4. The third kappa shape index (κ3) is 6.22. The number of unbranched alkanes of at least 4 members (excludes halogenated alkanes) is 1. The van der Waals surface area contributed by atoms with Gasteiger partial charge in [-0.3, -0.25) is 9.59 Å². The number of carbonyl (C=O) groups excluding carboxylic acids is 2. The molecule has 1 saturated heterocycles. The molecule has 0 spiro atoms. The first-order chi connectivity index (χ1) is 18.7. The summed E-state index contributed by atoms with van der Waals surface area (Å²) in [5, 5.41) is 11.5.